The van der Waals surface area contributed by atoms with E-state index in [4.69, 9.17) is 9.47 Å². The van der Waals surface area contributed by atoms with Crippen molar-refractivity contribution in [2.45, 2.75) is 51.7 Å². The molecule has 1 aliphatic heterocycles. The summed E-state index contributed by atoms with van der Waals surface area (Å²) in [6.45, 7) is 10.4. The summed E-state index contributed by atoms with van der Waals surface area (Å²) in [5.41, 5.74) is 1.16. The Balaban J connectivity index is 0.00000312. The predicted octanol–water partition coefficient (Wildman–Crippen LogP) is 2.92. The van der Waals surface area contributed by atoms with Gasteiger partial charge in [-0.1, -0.05) is 20.8 Å². The lowest BCUT2D eigenvalue weighted by atomic mass is 9.98. The highest BCUT2D eigenvalue weighted by Gasteiger charge is 2.18. The van der Waals surface area contributed by atoms with Crippen molar-refractivity contribution >= 4 is 41.3 Å². The molecule has 1 fully saturated rings. The Morgan fingerprint density at radius 2 is 2.24 bits per heavy atom. The molecule has 0 aliphatic carbocycles. The molecule has 1 atom stereocenters. The first-order chi connectivity index (χ1) is 11.5. The summed E-state index contributed by atoms with van der Waals surface area (Å²) < 4.78 is 11.0. The minimum atomic E-state index is 0. The van der Waals surface area contributed by atoms with Crippen LogP contribution in [0.5, 0.6) is 0 Å². The Labute approximate surface area is 172 Å². The number of aliphatic imine (C=N–C) groups is 1. The second kappa shape index (κ2) is 11.3. The number of ether oxygens (including phenoxy) is 2. The highest BCUT2D eigenvalue weighted by molar-refractivity contribution is 14.0. The smallest absolute Gasteiger partial charge is 0.191 e. The minimum absolute atomic E-state index is 0. The van der Waals surface area contributed by atoms with Crippen LogP contribution >= 0.6 is 35.3 Å². The van der Waals surface area contributed by atoms with Crippen molar-refractivity contribution in [1.82, 2.24) is 15.6 Å². The molecular formula is C17H31IN4O2S. The molecule has 0 spiro atoms. The van der Waals surface area contributed by atoms with Crippen LogP contribution in [0, 0.1) is 0 Å². The van der Waals surface area contributed by atoms with E-state index < -0.39 is 0 Å². The SMILES string of the molecule is CN=C(NCCCOC1CCOC1)NCc1csc(C(C)(C)C)n1.I. The molecule has 25 heavy (non-hydrogen) atoms. The van der Waals surface area contributed by atoms with Crippen molar-refractivity contribution < 1.29 is 9.47 Å². The number of hydrogen-bond acceptors (Lipinski definition) is 5. The Morgan fingerprint density at radius 3 is 2.84 bits per heavy atom. The second-order valence-electron chi connectivity index (χ2n) is 6.96. The van der Waals surface area contributed by atoms with Gasteiger partial charge < -0.3 is 20.1 Å². The maximum absolute atomic E-state index is 5.75. The lowest BCUT2D eigenvalue weighted by Crippen LogP contribution is -2.37. The molecule has 0 aromatic carbocycles. The Morgan fingerprint density at radius 1 is 1.44 bits per heavy atom. The van der Waals surface area contributed by atoms with E-state index in [0.717, 1.165) is 55.9 Å². The van der Waals surface area contributed by atoms with E-state index in [1.165, 1.54) is 0 Å². The van der Waals surface area contributed by atoms with Crippen LogP contribution in [0.1, 0.15) is 44.3 Å². The van der Waals surface area contributed by atoms with Crippen LogP contribution in [0.15, 0.2) is 10.4 Å². The monoisotopic (exact) mass is 482 g/mol. The molecule has 0 amide bonds. The lowest BCUT2D eigenvalue weighted by molar-refractivity contribution is 0.0420. The number of nitrogens with zero attached hydrogens (tertiary/aromatic N) is 2. The molecule has 0 radical (unpaired) electrons. The maximum atomic E-state index is 5.75. The number of hydrogen-bond donors (Lipinski definition) is 2. The molecule has 0 saturated carbocycles. The first-order valence-corrected chi connectivity index (χ1v) is 9.46. The van der Waals surface area contributed by atoms with Crippen LogP contribution in [-0.4, -0.2) is 50.5 Å². The number of guanidine groups is 1. The molecule has 144 valence electrons. The average molecular weight is 482 g/mol. The van der Waals surface area contributed by atoms with Crippen LogP contribution < -0.4 is 10.6 Å². The molecule has 2 N–H and O–H groups in total. The van der Waals surface area contributed by atoms with Gasteiger partial charge in [-0.2, -0.15) is 0 Å². The Bertz CT molecular complexity index is 525. The molecule has 1 saturated heterocycles. The molecule has 6 nitrogen and oxygen atoms in total. The molecule has 8 heteroatoms. The largest absolute Gasteiger partial charge is 0.379 e. The van der Waals surface area contributed by atoms with Crippen LogP contribution in [0.25, 0.3) is 0 Å². The van der Waals surface area contributed by atoms with Gasteiger partial charge in [0.15, 0.2) is 5.96 Å². The van der Waals surface area contributed by atoms with Gasteiger partial charge in [0.25, 0.3) is 0 Å². The van der Waals surface area contributed by atoms with E-state index in [9.17, 15) is 0 Å². The maximum Gasteiger partial charge on any atom is 0.191 e. The number of nitrogens with one attached hydrogen (secondary N) is 2. The quantitative estimate of drug-likeness (QED) is 0.271. The van der Waals surface area contributed by atoms with Crippen LogP contribution in [0.4, 0.5) is 0 Å². The molecular weight excluding hydrogens is 451 g/mol. The topological polar surface area (TPSA) is 67.8 Å². The summed E-state index contributed by atoms with van der Waals surface area (Å²) in [4.78, 5) is 8.93. The fraction of sp³-hybridized carbons (Fsp3) is 0.765. The van der Waals surface area contributed by atoms with Crippen molar-refractivity contribution in [3.05, 3.63) is 16.1 Å². The molecule has 2 rings (SSSR count). The zero-order chi connectivity index (χ0) is 17.4. The van der Waals surface area contributed by atoms with Gasteiger partial charge in [0.2, 0.25) is 0 Å². The normalized spacial score (nSPS) is 18.1. The summed E-state index contributed by atoms with van der Waals surface area (Å²) in [5, 5.41) is 9.88. The van der Waals surface area contributed by atoms with Crippen LogP contribution in [0.3, 0.4) is 0 Å². The third-order valence-electron chi connectivity index (χ3n) is 3.71. The van der Waals surface area contributed by atoms with Crippen molar-refractivity contribution in [3.8, 4) is 0 Å². The Kier molecular flexibility index (Phi) is 10.2. The zero-order valence-corrected chi connectivity index (χ0v) is 18.8. The van der Waals surface area contributed by atoms with E-state index in [1.807, 2.05) is 0 Å². The number of halogens is 1. The molecule has 1 aromatic heterocycles. The Hall–Kier alpha value is -0.450. The van der Waals surface area contributed by atoms with E-state index >= 15 is 0 Å². The average Bonchev–Trinajstić information content (AvgIpc) is 3.20. The second-order valence-corrected chi connectivity index (χ2v) is 7.81. The molecule has 1 aromatic rings. The fourth-order valence-corrected chi connectivity index (χ4v) is 3.21. The van der Waals surface area contributed by atoms with E-state index in [1.54, 1.807) is 18.4 Å². The number of thiazole rings is 1. The lowest BCUT2D eigenvalue weighted by Gasteiger charge is -2.14. The number of aromatic nitrogens is 1. The third-order valence-corrected chi connectivity index (χ3v) is 5.03. The highest BCUT2D eigenvalue weighted by atomic mass is 127. The fourth-order valence-electron chi connectivity index (χ4n) is 2.30. The minimum Gasteiger partial charge on any atom is -0.379 e. The van der Waals surface area contributed by atoms with Gasteiger partial charge >= 0.3 is 0 Å². The van der Waals surface area contributed by atoms with Gasteiger partial charge in [0.1, 0.15) is 0 Å². The van der Waals surface area contributed by atoms with E-state index in [0.29, 0.717) is 6.54 Å². The van der Waals surface area contributed by atoms with Crippen molar-refractivity contribution in [3.63, 3.8) is 0 Å². The summed E-state index contributed by atoms with van der Waals surface area (Å²) in [7, 11) is 1.78. The highest BCUT2D eigenvalue weighted by Crippen LogP contribution is 2.25. The third kappa shape index (κ3) is 8.19. The first kappa shape index (κ1) is 22.6. The predicted molar refractivity (Wildman–Crippen MR) is 114 cm³/mol. The van der Waals surface area contributed by atoms with E-state index in [2.05, 4.69) is 46.8 Å². The summed E-state index contributed by atoms with van der Waals surface area (Å²) in [5.74, 6) is 0.796. The van der Waals surface area contributed by atoms with Gasteiger partial charge in [0, 0.05) is 37.6 Å². The van der Waals surface area contributed by atoms with E-state index in [-0.39, 0.29) is 35.5 Å². The van der Waals surface area contributed by atoms with Crippen molar-refractivity contribution in [1.29, 1.82) is 0 Å². The molecule has 1 aliphatic rings. The summed E-state index contributed by atoms with van der Waals surface area (Å²) >= 11 is 1.71. The summed E-state index contributed by atoms with van der Waals surface area (Å²) in [6.07, 6.45) is 2.24. The van der Waals surface area contributed by atoms with Crippen molar-refractivity contribution in [2.24, 2.45) is 4.99 Å². The molecule has 2 heterocycles. The van der Waals surface area contributed by atoms with Gasteiger partial charge in [-0.3, -0.25) is 4.99 Å². The standard InChI is InChI=1S/C17H30N4O2S.HI/c1-17(2,3)15-21-13(12-24-15)10-20-16(18-4)19-7-5-8-23-14-6-9-22-11-14;/h12,14H,5-11H2,1-4H3,(H2,18,19,20);1H. The molecule has 0 bridgehead atoms. The van der Waals surface area contributed by atoms with Crippen LogP contribution in [0.2, 0.25) is 0 Å². The van der Waals surface area contributed by atoms with Gasteiger partial charge in [-0.15, -0.1) is 35.3 Å². The van der Waals surface area contributed by atoms with Crippen LogP contribution in [-0.2, 0) is 21.4 Å². The zero-order valence-electron chi connectivity index (χ0n) is 15.6. The van der Waals surface area contributed by atoms with Gasteiger partial charge in [0.05, 0.1) is 30.0 Å². The first-order valence-electron chi connectivity index (χ1n) is 8.58. The summed E-state index contributed by atoms with van der Waals surface area (Å²) in [6, 6.07) is 0. The van der Waals surface area contributed by atoms with Gasteiger partial charge in [-0.05, 0) is 12.8 Å². The number of rotatable bonds is 7. The van der Waals surface area contributed by atoms with Crippen molar-refractivity contribution in [2.75, 3.05) is 33.4 Å². The molecule has 1 unspecified atom stereocenters. The van der Waals surface area contributed by atoms with Gasteiger partial charge in [-0.25, -0.2) is 4.98 Å².